The number of nitrogens with one attached hydrogen (secondary N) is 1. The molecule has 0 spiro atoms. The second kappa shape index (κ2) is 13.2. The lowest BCUT2D eigenvalue weighted by Gasteiger charge is -2.32. The largest absolute Gasteiger partial charge is 0.496 e. The smallest absolute Gasteiger partial charge is 0.258 e. The molecule has 45 heavy (non-hydrogen) atoms. The number of ketones is 1. The minimum absolute atomic E-state index is 0.104. The van der Waals surface area contributed by atoms with Gasteiger partial charge in [-0.05, 0) is 73.5 Å². The van der Waals surface area contributed by atoms with E-state index in [9.17, 15) is 19.2 Å². The van der Waals surface area contributed by atoms with E-state index in [-0.39, 0.29) is 36.0 Å². The van der Waals surface area contributed by atoms with Crippen molar-refractivity contribution in [3.05, 3.63) is 100 Å². The molecule has 0 bridgehead atoms. The zero-order chi connectivity index (χ0) is 32.4. The first-order valence-electron chi connectivity index (χ1n) is 15.0. The van der Waals surface area contributed by atoms with Gasteiger partial charge in [0.05, 0.1) is 31.1 Å². The lowest BCUT2D eigenvalue weighted by molar-refractivity contribution is -0.130. The van der Waals surface area contributed by atoms with Crippen molar-refractivity contribution in [2.24, 2.45) is 5.92 Å². The topological polar surface area (TPSA) is 96.0 Å². The summed E-state index contributed by atoms with van der Waals surface area (Å²) in [5, 5.41) is 4.87. The van der Waals surface area contributed by atoms with E-state index in [0.29, 0.717) is 34.7 Å². The molecule has 0 unspecified atom stereocenters. The van der Waals surface area contributed by atoms with Crippen LogP contribution < -0.4 is 19.9 Å². The summed E-state index contributed by atoms with van der Waals surface area (Å²) in [6, 6.07) is 21.7. The number of halogens is 1. The standard InChI is InChI=1S/C36H36BrN3O5/c1-6-21(2)34(42)38-33-22(3)40(35(43)25-13-11-24(12-14-25)23(4)41)31-10-8-7-9-30(31)39(36(33)44)20-29-28-17-16-27(37)19-26(28)15-18-32(29)45-5/h7-19,21-22,33H,6,20H2,1-5H3,(H,38,42)/t21-,22+,33+/m1/s1. The van der Waals surface area contributed by atoms with Gasteiger partial charge < -0.3 is 19.9 Å². The Balaban J connectivity index is 1.68. The van der Waals surface area contributed by atoms with Crippen molar-refractivity contribution >= 4 is 61.6 Å². The monoisotopic (exact) mass is 669 g/mol. The minimum Gasteiger partial charge on any atom is -0.496 e. The lowest BCUT2D eigenvalue weighted by Crippen LogP contribution is -2.58. The fourth-order valence-corrected chi connectivity index (χ4v) is 6.10. The van der Waals surface area contributed by atoms with Crippen LogP contribution in [0.2, 0.25) is 0 Å². The fourth-order valence-electron chi connectivity index (χ4n) is 5.72. The third-order valence-corrected chi connectivity index (χ3v) is 9.05. The molecule has 8 nitrogen and oxygen atoms in total. The predicted octanol–water partition coefficient (Wildman–Crippen LogP) is 6.93. The molecule has 3 amide bonds. The van der Waals surface area contributed by atoms with Gasteiger partial charge in [-0.25, -0.2) is 0 Å². The van der Waals surface area contributed by atoms with Gasteiger partial charge in [-0.1, -0.05) is 66.2 Å². The first-order valence-corrected chi connectivity index (χ1v) is 15.8. The van der Waals surface area contributed by atoms with Gasteiger partial charge in [-0.3, -0.25) is 19.2 Å². The Kier molecular flexibility index (Phi) is 9.39. The highest BCUT2D eigenvalue weighted by Gasteiger charge is 2.42. The van der Waals surface area contributed by atoms with Crippen LogP contribution in [0.3, 0.4) is 0 Å². The maximum Gasteiger partial charge on any atom is 0.258 e. The quantitative estimate of drug-likeness (QED) is 0.205. The third kappa shape index (κ3) is 6.22. The summed E-state index contributed by atoms with van der Waals surface area (Å²) in [5.41, 5.74) is 2.70. The Hall–Kier alpha value is -4.50. The molecule has 0 fully saturated rings. The van der Waals surface area contributed by atoms with Crippen molar-refractivity contribution in [2.45, 2.75) is 52.7 Å². The molecule has 0 radical (unpaired) electrons. The highest BCUT2D eigenvalue weighted by atomic mass is 79.9. The van der Waals surface area contributed by atoms with E-state index in [1.807, 2.05) is 68.4 Å². The number of methoxy groups -OCH3 is 1. The molecule has 9 heteroatoms. The van der Waals surface area contributed by atoms with Crippen LogP contribution in [0.4, 0.5) is 11.4 Å². The molecule has 0 aliphatic carbocycles. The summed E-state index contributed by atoms with van der Waals surface area (Å²) in [5.74, 6) is -0.776. The molecule has 4 aromatic carbocycles. The van der Waals surface area contributed by atoms with Crippen LogP contribution >= 0.6 is 15.9 Å². The SMILES string of the molecule is CC[C@@H](C)C(=O)N[C@@H]1C(=O)N(Cc2c(OC)ccc3cc(Br)ccc23)c2ccccc2N(C(=O)c2ccc(C(C)=O)cc2)[C@H]1C. The van der Waals surface area contributed by atoms with Gasteiger partial charge in [-0.2, -0.15) is 0 Å². The van der Waals surface area contributed by atoms with Crippen LogP contribution in [0.1, 0.15) is 60.4 Å². The molecule has 0 saturated carbocycles. The molecule has 4 aromatic rings. The fraction of sp³-hybridized carbons (Fsp3) is 0.278. The molecule has 1 heterocycles. The molecule has 1 aliphatic rings. The number of para-hydroxylation sites is 2. The number of carbonyl (C=O) groups excluding carboxylic acids is 4. The van der Waals surface area contributed by atoms with Crippen LogP contribution in [0.25, 0.3) is 10.8 Å². The number of Topliss-reactive ketones (excluding diaryl/α,β-unsaturated/α-hetero) is 1. The predicted molar refractivity (Wildman–Crippen MR) is 180 cm³/mol. The molecule has 0 saturated heterocycles. The Labute approximate surface area is 271 Å². The number of amides is 3. The molecular weight excluding hydrogens is 634 g/mol. The zero-order valence-corrected chi connectivity index (χ0v) is 27.6. The summed E-state index contributed by atoms with van der Waals surface area (Å²) in [4.78, 5) is 57.4. The average molecular weight is 671 g/mol. The van der Waals surface area contributed by atoms with Crippen molar-refractivity contribution in [1.82, 2.24) is 5.32 Å². The summed E-state index contributed by atoms with van der Waals surface area (Å²) in [6.07, 6.45) is 0.596. The van der Waals surface area contributed by atoms with Crippen LogP contribution in [-0.2, 0) is 16.1 Å². The number of rotatable bonds is 8. The molecular formula is C36H36BrN3O5. The van der Waals surface area contributed by atoms with Crippen LogP contribution in [-0.4, -0.2) is 42.7 Å². The molecule has 5 rings (SSSR count). The second-order valence-corrected chi connectivity index (χ2v) is 12.3. The van der Waals surface area contributed by atoms with E-state index < -0.39 is 12.1 Å². The number of benzene rings is 4. The molecule has 0 aromatic heterocycles. The van der Waals surface area contributed by atoms with Crippen molar-refractivity contribution in [2.75, 3.05) is 16.9 Å². The minimum atomic E-state index is -1.05. The average Bonchev–Trinajstić information content (AvgIpc) is 3.12. The van der Waals surface area contributed by atoms with Crippen LogP contribution in [0, 0.1) is 5.92 Å². The zero-order valence-electron chi connectivity index (χ0n) is 26.0. The van der Waals surface area contributed by atoms with Crippen LogP contribution in [0.5, 0.6) is 5.75 Å². The van der Waals surface area contributed by atoms with Gasteiger partial charge in [0.15, 0.2) is 5.78 Å². The van der Waals surface area contributed by atoms with Gasteiger partial charge in [0.1, 0.15) is 11.8 Å². The maximum absolute atomic E-state index is 14.7. The lowest BCUT2D eigenvalue weighted by atomic mass is 10.0. The summed E-state index contributed by atoms with van der Waals surface area (Å²) in [7, 11) is 1.59. The first kappa shape index (κ1) is 31.9. The van der Waals surface area contributed by atoms with E-state index >= 15 is 0 Å². The number of carbonyl (C=O) groups is 4. The summed E-state index contributed by atoms with van der Waals surface area (Å²) < 4.78 is 6.70. The highest BCUT2D eigenvalue weighted by molar-refractivity contribution is 9.10. The molecule has 1 aliphatic heterocycles. The summed E-state index contributed by atoms with van der Waals surface area (Å²) >= 11 is 3.55. The van der Waals surface area contributed by atoms with Crippen LogP contribution in [0.15, 0.2) is 83.3 Å². The number of anilines is 2. The summed E-state index contributed by atoms with van der Waals surface area (Å²) in [6.45, 7) is 7.11. The Morgan fingerprint density at radius 2 is 1.62 bits per heavy atom. The number of hydrogen-bond donors (Lipinski definition) is 1. The van der Waals surface area contributed by atoms with Gasteiger partial charge in [0.25, 0.3) is 11.8 Å². The van der Waals surface area contributed by atoms with Crippen molar-refractivity contribution < 1.29 is 23.9 Å². The third-order valence-electron chi connectivity index (χ3n) is 8.56. The van der Waals surface area contributed by atoms with Crippen molar-refractivity contribution in [1.29, 1.82) is 0 Å². The van der Waals surface area contributed by atoms with Crippen molar-refractivity contribution in [3.8, 4) is 5.75 Å². The highest BCUT2D eigenvalue weighted by Crippen LogP contribution is 2.39. The Morgan fingerprint density at radius 1 is 0.956 bits per heavy atom. The van der Waals surface area contributed by atoms with Gasteiger partial charge in [-0.15, -0.1) is 0 Å². The van der Waals surface area contributed by atoms with E-state index in [4.69, 9.17) is 4.74 Å². The second-order valence-electron chi connectivity index (χ2n) is 11.4. The number of fused-ring (bicyclic) bond motifs is 2. The molecule has 1 N–H and O–H groups in total. The van der Waals surface area contributed by atoms with E-state index in [0.717, 1.165) is 20.8 Å². The Bertz CT molecular complexity index is 1790. The maximum atomic E-state index is 14.7. The van der Waals surface area contributed by atoms with Gasteiger partial charge >= 0.3 is 0 Å². The first-order chi connectivity index (χ1) is 21.5. The number of nitrogens with zero attached hydrogens (tertiary/aromatic N) is 2. The molecule has 3 atom stereocenters. The van der Waals surface area contributed by atoms with E-state index in [1.54, 1.807) is 48.1 Å². The normalized spacial score (nSPS) is 17.0. The molecule has 232 valence electrons. The number of hydrogen-bond acceptors (Lipinski definition) is 5. The number of ether oxygens (including phenoxy) is 1. The van der Waals surface area contributed by atoms with Gasteiger partial charge in [0.2, 0.25) is 5.91 Å². The van der Waals surface area contributed by atoms with E-state index in [1.165, 1.54) is 6.92 Å². The Morgan fingerprint density at radius 3 is 2.27 bits per heavy atom. The van der Waals surface area contributed by atoms with Gasteiger partial charge in [0, 0.05) is 27.1 Å². The van der Waals surface area contributed by atoms with Crippen molar-refractivity contribution in [3.63, 3.8) is 0 Å². The van der Waals surface area contributed by atoms with E-state index in [2.05, 4.69) is 21.2 Å².